The van der Waals surface area contributed by atoms with Crippen LogP contribution in [0.15, 0.2) is 30.3 Å². The van der Waals surface area contributed by atoms with E-state index in [2.05, 4.69) is 6.92 Å². The van der Waals surface area contributed by atoms with Crippen molar-refractivity contribution < 1.29 is 27.4 Å². The zero-order valence-electron chi connectivity index (χ0n) is 19.0. The fourth-order valence-electron chi connectivity index (χ4n) is 3.95. The zero-order chi connectivity index (χ0) is 22.9. The quantitative estimate of drug-likeness (QED) is 0.334. The first-order chi connectivity index (χ1) is 15.5. The van der Waals surface area contributed by atoms with E-state index in [0.717, 1.165) is 19.3 Å². The summed E-state index contributed by atoms with van der Waals surface area (Å²) in [6.07, 6.45) is 6.29. The van der Waals surface area contributed by atoms with Gasteiger partial charge in [-0.05, 0) is 48.9 Å². The maximum absolute atomic E-state index is 14.9. The summed E-state index contributed by atoms with van der Waals surface area (Å²) in [6, 6.07) is 7.24. The largest absolute Gasteiger partial charge is 0.491 e. The van der Waals surface area contributed by atoms with E-state index in [-0.39, 0.29) is 41.3 Å². The van der Waals surface area contributed by atoms with Crippen LogP contribution in [0.3, 0.4) is 0 Å². The van der Waals surface area contributed by atoms with E-state index in [1.54, 1.807) is 6.07 Å². The number of rotatable bonds is 11. The average molecular weight is 451 g/mol. The molecule has 0 aromatic heterocycles. The van der Waals surface area contributed by atoms with Crippen molar-refractivity contribution >= 4 is 0 Å². The Bertz CT molecular complexity index is 864. The van der Waals surface area contributed by atoms with Gasteiger partial charge >= 0.3 is 0 Å². The Morgan fingerprint density at radius 2 is 1.75 bits per heavy atom. The summed E-state index contributed by atoms with van der Waals surface area (Å²) >= 11 is 0. The molecule has 1 aliphatic rings. The molecule has 1 saturated heterocycles. The van der Waals surface area contributed by atoms with Crippen LogP contribution in [-0.2, 0) is 9.47 Å². The van der Waals surface area contributed by atoms with E-state index in [4.69, 9.17) is 14.2 Å². The Morgan fingerprint density at radius 1 is 0.906 bits per heavy atom. The van der Waals surface area contributed by atoms with Gasteiger partial charge < -0.3 is 14.2 Å². The fourth-order valence-corrected chi connectivity index (χ4v) is 3.95. The van der Waals surface area contributed by atoms with Crippen molar-refractivity contribution in [2.75, 3.05) is 19.8 Å². The van der Waals surface area contributed by atoms with Gasteiger partial charge in [-0.15, -0.1) is 0 Å². The Hall–Kier alpha value is -2.05. The van der Waals surface area contributed by atoms with Gasteiger partial charge in [-0.3, -0.25) is 0 Å². The fraction of sp³-hybridized carbons (Fsp3) is 0.538. The topological polar surface area (TPSA) is 27.7 Å². The van der Waals surface area contributed by atoms with E-state index in [1.807, 2.05) is 6.92 Å². The molecule has 1 heterocycles. The van der Waals surface area contributed by atoms with Gasteiger partial charge in [-0.25, -0.2) is 13.2 Å². The number of benzene rings is 2. The lowest BCUT2D eigenvalue weighted by Crippen LogP contribution is -2.28. The standard InChI is InChI=1S/C26H33F3O3/c1-3-5-6-7-15-31-24-13-9-19(17-32-24)21-11-10-20(25(28)26(21)29)18-8-12-23(22(27)16-18)30-14-4-2/h8,10-12,16,19,24H,3-7,9,13-15,17H2,1-2H3. The van der Waals surface area contributed by atoms with E-state index in [0.29, 0.717) is 26.1 Å². The van der Waals surface area contributed by atoms with Crippen LogP contribution in [0.5, 0.6) is 5.75 Å². The first-order valence-corrected chi connectivity index (χ1v) is 11.7. The van der Waals surface area contributed by atoms with E-state index < -0.39 is 17.5 Å². The van der Waals surface area contributed by atoms with Gasteiger partial charge in [0, 0.05) is 18.1 Å². The second-order valence-corrected chi connectivity index (χ2v) is 8.29. The summed E-state index contributed by atoms with van der Waals surface area (Å²) in [5.41, 5.74) is 0.582. The Labute approximate surface area is 188 Å². The summed E-state index contributed by atoms with van der Waals surface area (Å²) in [5, 5.41) is 0. The third-order valence-electron chi connectivity index (χ3n) is 5.79. The second-order valence-electron chi connectivity index (χ2n) is 8.29. The van der Waals surface area contributed by atoms with Gasteiger partial charge in [-0.1, -0.05) is 51.3 Å². The van der Waals surface area contributed by atoms with E-state index >= 15 is 0 Å². The smallest absolute Gasteiger partial charge is 0.166 e. The lowest BCUT2D eigenvalue weighted by atomic mass is 9.90. The average Bonchev–Trinajstić information content (AvgIpc) is 2.80. The van der Waals surface area contributed by atoms with Crippen molar-refractivity contribution in [1.29, 1.82) is 0 Å². The van der Waals surface area contributed by atoms with Crippen molar-refractivity contribution in [2.45, 2.75) is 71.0 Å². The molecule has 6 heteroatoms. The Kier molecular flexibility index (Phi) is 9.42. The molecule has 0 aliphatic carbocycles. The van der Waals surface area contributed by atoms with Crippen molar-refractivity contribution in [3.8, 4) is 16.9 Å². The number of unbranched alkanes of at least 4 members (excludes halogenated alkanes) is 3. The predicted octanol–water partition coefficient (Wildman–Crippen LogP) is 7.38. The first-order valence-electron chi connectivity index (χ1n) is 11.7. The van der Waals surface area contributed by atoms with Crippen molar-refractivity contribution in [3.63, 3.8) is 0 Å². The third-order valence-corrected chi connectivity index (χ3v) is 5.79. The van der Waals surface area contributed by atoms with Crippen molar-refractivity contribution in [3.05, 3.63) is 53.3 Å². The van der Waals surface area contributed by atoms with Crippen molar-refractivity contribution in [1.82, 2.24) is 0 Å². The van der Waals surface area contributed by atoms with Crippen LogP contribution in [0.1, 0.15) is 70.3 Å². The van der Waals surface area contributed by atoms with Crippen LogP contribution in [0, 0.1) is 17.5 Å². The minimum Gasteiger partial charge on any atom is -0.491 e. The summed E-state index contributed by atoms with van der Waals surface area (Å²) in [7, 11) is 0. The van der Waals surface area contributed by atoms with Crippen LogP contribution in [-0.4, -0.2) is 26.1 Å². The molecule has 0 radical (unpaired) electrons. The lowest BCUT2D eigenvalue weighted by Gasteiger charge is -2.29. The highest BCUT2D eigenvalue weighted by molar-refractivity contribution is 5.66. The number of ether oxygens (including phenoxy) is 3. The van der Waals surface area contributed by atoms with Gasteiger partial charge in [-0.2, -0.15) is 0 Å². The van der Waals surface area contributed by atoms with Gasteiger partial charge in [0.1, 0.15) is 0 Å². The molecule has 3 rings (SSSR count). The van der Waals surface area contributed by atoms with Crippen LogP contribution >= 0.6 is 0 Å². The molecule has 0 saturated carbocycles. The summed E-state index contributed by atoms with van der Waals surface area (Å²) in [6.45, 7) is 5.42. The van der Waals surface area contributed by atoms with E-state index in [1.165, 1.54) is 37.1 Å². The highest BCUT2D eigenvalue weighted by Gasteiger charge is 2.27. The normalized spacial score (nSPS) is 18.7. The second kappa shape index (κ2) is 12.3. The molecule has 2 atom stereocenters. The molecule has 0 bridgehead atoms. The molecule has 0 spiro atoms. The molecular formula is C26H33F3O3. The third kappa shape index (κ3) is 6.26. The molecule has 0 N–H and O–H groups in total. The van der Waals surface area contributed by atoms with Crippen LogP contribution < -0.4 is 4.74 Å². The van der Waals surface area contributed by atoms with Gasteiger partial charge in [0.05, 0.1) is 13.2 Å². The molecule has 1 aliphatic heterocycles. The molecule has 2 unspecified atom stereocenters. The monoisotopic (exact) mass is 450 g/mol. The summed E-state index contributed by atoms with van der Waals surface area (Å²) in [5.74, 6) is -2.60. The highest BCUT2D eigenvalue weighted by Crippen LogP contribution is 2.35. The van der Waals surface area contributed by atoms with Gasteiger partial charge in [0.15, 0.2) is 29.5 Å². The van der Waals surface area contributed by atoms with Crippen LogP contribution in [0.2, 0.25) is 0 Å². The van der Waals surface area contributed by atoms with E-state index in [9.17, 15) is 13.2 Å². The SMILES string of the molecule is CCCCCCOC1CCC(c2ccc(-c3ccc(OCCC)c(F)c3)c(F)c2F)CO1. The summed E-state index contributed by atoms with van der Waals surface area (Å²) < 4.78 is 60.9. The maximum atomic E-state index is 14.9. The van der Waals surface area contributed by atoms with Gasteiger partial charge in [0.25, 0.3) is 0 Å². The molecular weight excluding hydrogens is 417 g/mol. The van der Waals surface area contributed by atoms with Crippen molar-refractivity contribution in [2.24, 2.45) is 0 Å². The molecule has 1 fully saturated rings. The molecule has 2 aromatic rings. The van der Waals surface area contributed by atoms with Crippen LogP contribution in [0.4, 0.5) is 13.2 Å². The Balaban J connectivity index is 1.62. The molecule has 0 amide bonds. The number of hydrogen-bond donors (Lipinski definition) is 0. The van der Waals surface area contributed by atoms with Crippen LogP contribution in [0.25, 0.3) is 11.1 Å². The first kappa shape index (κ1) is 24.6. The zero-order valence-corrected chi connectivity index (χ0v) is 19.0. The highest BCUT2D eigenvalue weighted by atomic mass is 19.2. The minimum atomic E-state index is -0.974. The lowest BCUT2D eigenvalue weighted by molar-refractivity contribution is -0.168. The predicted molar refractivity (Wildman–Crippen MR) is 119 cm³/mol. The number of hydrogen-bond acceptors (Lipinski definition) is 3. The molecule has 3 nitrogen and oxygen atoms in total. The maximum Gasteiger partial charge on any atom is 0.166 e. The van der Waals surface area contributed by atoms with Gasteiger partial charge in [0.2, 0.25) is 0 Å². The minimum absolute atomic E-state index is 0.0252. The number of halogens is 3. The molecule has 32 heavy (non-hydrogen) atoms. The Morgan fingerprint density at radius 3 is 2.44 bits per heavy atom. The summed E-state index contributed by atoms with van der Waals surface area (Å²) in [4.78, 5) is 0. The molecule has 176 valence electrons. The molecule has 2 aromatic carbocycles.